The maximum absolute atomic E-state index is 12.1. The molecule has 1 aliphatic heterocycles. The first-order valence-corrected chi connectivity index (χ1v) is 8.83. The Labute approximate surface area is 143 Å². The number of aldehydes is 1. The quantitative estimate of drug-likeness (QED) is 0.406. The van der Waals surface area contributed by atoms with Crippen LogP contribution < -0.4 is 0 Å². The molecule has 1 amide bonds. The van der Waals surface area contributed by atoms with E-state index in [2.05, 4.69) is 6.92 Å². The van der Waals surface area contributed by atoms with Gasteiger partial charge in [0, 0.05) is 19.4 Å². The standard InChI is InChI=1S/C19H27NO4/c1-2-3-4-5-16(22)8-6-15-7-11-19(23)20(15)13-12-17-9-10-18(14-21)24-17/h6,8-10,14-16,22H,2-5,7,11-13H2,1H3/b8-6+/t15?,16-/m0/s1. The number of furan rings is 1. The molecule has 5 nitrogen and oxygen atoms in total. The summed E-state index contributed by atoms with van der Waals surface area (Å²) in [6.07, 6.45) is 9.99. The Balaban J connectivity index is 1.85. The molecule has 5 heteroatoms. The van der Waals surface area contributed by atoms with Crippen molar-refractivity contribution in [1.29, 1.82) is 0 Å². The lowest BCUT2D eigenvalue weighted by molar-refractivity contribution is -0.128. The number of carbonyl (C=O) groups is 2. The van der Waals surface area contributed by atoms with Crippen molar-refractivity contribution in [2.75, 3.05) is 6.54 Å². The molecule has 132 valence electrons. The van der Waals surface area contributed by atoms with Gasteiger partial charge in [0.25, 0.3) is 0 Å². The molecule has 0 radical (unpaired) electrons. The molecule has 0 aliphatic carbocycles. The Hall–Kier alpha value is -1.88. The molecule has 1 saturated heterocycles. The van der Waals surface area contributed by atoms with Crippen molar-refractivity contribution in [2.45, 2.75) is 64.0 Å². The van der Waals surface area contributed by atoms with Gasteiger partial charge in [-0.15, -0.1) is 0 Å². The zero-order valence-electron chi connectivity index (χ0n) is 14.3. The van der Waals surface area contributed by atoms with Gasteiger partial charge in [-0.3, -0.25) is 9.59 Å². The number of carbonyl (C=O) groups excluding carboxylic acids is 2. The maximum Gasteiger partial charge on any atom is 0.223 e. The topological polar surface area (TPSA) is 70.8 Å². The Morgan fingerprint density at radius 1 is 1.42 bits per heavy atom. The zero-order valence-corrected chi connectivity index (χ0v) is 14.3. The summed E-state index contributed by atoms with van der Waals surface area (Å²) in [4.78, 5) is 24.5. The van der Waals surface area contributed by atoms with Crippen LogP contribution in [0.3, 0.4) is 0 Å². The highest BCUT2D eigenvalue weighted by atomic mass is 16.3. The second-order valence-electron chi connectivity index (χ2n) is 6.31. The van der Waals surface area contributed by atoms with Gasteiger partial charge in [-0.2, -0.15) is 0 Å². The van der Waals surface area contributed by atoms with Crippen molar-refractivity contribution in [3.8, 4) is 0 Å². The summed E-state index contributed by atoms with van der Waals surface area (Å²) in [5, 5.41) is 9.99. The van der Waals surface area contributed by atoms with E-state index in [9.17, 15) is 14.7 Å². The van der Waals surface area contributed by atoms with Crippen LogP contribution in [-0.4, -0.2) is 40.9 Å². The van der Waals surface area contributed by atoms with Crippen molar-refractivity contribution < 1.29 is 19.1 Å². The maximum atomic E-state index is 12.1. The minimum Gasteiger partial charge on any atom is -0.458 e. The lowest BCUT2D eigenvalue weighted by Gasteiger charge is -2.22. The number of amides is 1. The summed E-state index contributed by atoms with van der Waals surface area (Å²) in [6.45, 7) is 2.70. The molecule has 1 aromatic rings. The third kappa shape index (κ3) is 5.34. The summed E-state index contributed by atoms with van der Waals surface area (Å²) in [5.74, 6) is 1.15. The minimum atomic E-state index is -0.436. The van der Waals surface area contributed by atoms with Crippen LogP contribution in [0.1, 0.15) is 61.8 Å². The first-order chi connectivity index (χ1) is 11.6. The summed E-state index contributed by atoms with van der Waals surface area (Å²) < 4.78 is 5.35. The average Bonchev–Trinajstić information content (AvgIpc) is 3.18. The highest BCUT2D eigenvalue weighted by molar-refractivity contribution is 5.79. The lowest BCUT2D eigenvalue weighted by atomic mass is 10.1. The molecule has 2 rings (SSSR count). The van der Waals surface area contributed by atoms with Crippen LogP contribution in [-0.2, 0) is 11.2 Å². The van der Waals surface area contributed by atoms with Gasteiger partial charge in [0.05, 0.1) is 12.1 Å². The van der Waals surface area contributed by atoms with E-state index in [0.717, 1.165) is 32.1 Å². The number of hydrogen-bond donors (Lipinski definition) is 1. The molecule has 0 bridgehead atoms. The smallest absolute Gasteiger partial charge is 0.223 e. The SMILES string of the molecule is CCCCC[C@H](O)/C=C/C1CCC(=O)N1CCc1ccc(C=O)o1. The van der Waals surface area contributed by atoms with Crippen LogP contribution in [0.25, 0.3) is 0 Å². The van der Waals surface area contributed by atoms with Gasteiger partial charge < -0.3 is 14.4 Å². The van der Waals surface area contributed by atoms with E-state index < -0.39 is 6.10 Å². The predicted octanol–water partition coefficient (Wildman–Crippen LogP) is 3.12. The Morgan fingerprint density at radius 3 is 2.96 bits per heavy atom. The number of hydrogen-bond acceptors (Lipinski definition) is 4. The third-order valence-corrected chi connectivity index (χ3v) is 4.43. The fraction of sp³-hybridized carbons (Fsp3) is 0.579. The van der Waals surface area contributed by atoms with Gasteiger partial charge in [0.2, 0.25) is 5.91 Å². The summed E-state index contributed by atoms with van der Waals surface area (Å²) in [7, 11) is 0. The fourth-order valence-electron chi connectivity index (χ4n) is 3.03. The molecule has 1 aromatic heterocycles. The predicted molar refractivity (Wildman–Crippen MR) is 91.8 cm³/mol. The highest BCUT2D eigenvalue weighted by Crippen LogP contribution is 2.21. The number of unbranched alkanes of at least 4 members (excludes halogenated alkanes) is 2. The number of likely N-dealkylation sites (tertiary alicyclic amines) is 1. The van der Waals surface area contributed by atoms with E-state index in [1.165, 1.54) is 0 Å². The van der Waals surface area contributed by atoms with E-state index in [1.807, 2.05) is 17.1 Å². The van der Waals surface area contributed by atoms with Crippen molar-refractivity contribution >= 4 is 12.2 Å². The number of aliphatic hydroxyl groups excluding tert-OH is 1. The van der Waals surface area contributed by atoms with Crippen LogP contribution in [0, 0.1) is 0 Å². The van der Waals surface area contributed by atoms with Gasteiger partial charge in [0.1, 0.15) is 5.76 Å². The monoisotopic (exact) mass is 333 g/mol. The summed E-state index contributed by atoms with van der Waals surface area (Å²) in [6, 6.07) is 3.45. The van der Waals surface area contributed by atoms with E-state index in [4.69, 9.17) is 4.42 Å². The van der Waals surface area contributed by atoms with E-state index in [0.29, 0.717) is 37.2 Å². The average molecular weight is 333 g/mol. The van der Waals surface area contributed by atoms with Gasteiger partial charge in [-0.1, -0.05) is 38.3 Å². The van der Waals surface area contributed by atoms with Crippen LogP contribution >= 0.6 is 0 Å². The lowest BCUT2D eigenvalue weighted by Crippen LogP contribution is -2.33. The molecule has 24 heavy (non-hydrogen) atoms. The third-order valence-electron chi connectivity index (χ3n) is 4.43. The molecule has 0 saturated carbocycles. The molecular formula is C19H27NO4. The number of aliphatic hydroxyl groups is 1. The van der Waals surface area contributed by atoms with Crippen molar-refractivity contribution in [2.24, 2.45) is 0 Å². The van der Waals surface area contributed by atoms with E-state index in [-0.39, 0.29) is 11.9 Å². The summed E-state index contributed by atoms with van der Waals surface area (Å²) in [5.41, 5.74) is 0. The second-order valence-corrected chi connectivity index (χ2v) is 6.31. The molecular weight excluding hydrogens is 306 g/mol. The molecule has 1 fully saturated rings. The molecule has 1 N–H and O–H groups in total. The van der Waals surface area contributed by atoms with Crippen LogP contribution in [0.4, 0.5) is 0 Å². The van der Waals surface area contributed by atoms with Crippen LogP contribution in [0.2, 0.25) is 0 Å². The van der Waals surface area contributed by atoms with Gasteiger partial charge in [-0.05, 0) is 25.0 Å². The normalized spacial score (nSPS) is 19.3. The largest absolute Gasteiger partial charge is 0.458 e. The first-order valence-electron chi connectivity index (χ1n) is 8.83. The molecule has 2 heterocycles. The van der Waals surface area contributed by atoms with Gasteiger partial charge >= 0.3 is 0 Å². The summed E-state index contributed by atoms with van der Waals surface area (Å²) >= 11 is 0. The van der Waals surface area contributed by atoms with E-state index in [1.54, 1.807) is 12.1 Å². The highest BCUT2D eigenvalue weighted by Gasteiger charge is 2.28. The Bertz CT molecular complexity index is 563. The fourth-order valence-corrected chi connectivity index (χ4v) is 3.03. The number of rotatable bonds is 10. The van der Waals surface area contributed by atoms with Gasteiger partial charge in [0.15, 0.2) is 12.0 Å². The minimum absolute atomic E-state index is 0.0406. The molecule has 1 unspecified atom stereocenters. The zero-order chi connectivity index (χ0) is 17.4. The number of nitrogens with zero attached hydrogens (tertiary/aromatic N) is 1. The Kier molecular flexibility index (Phi) is 7.25. The Morgan fingerprint density at radius 2 is 2.25 bits per heavy atom. The first kappa shape index (κ1) is 18.5. The van der Waals surface area contributed by atoms with Gasteiger partial charge in [-0.25, -0.2) is 0 Å². The van der Waals surface area contributed by atoms with Crippen LogP contribution in [0.15, 0.2) is 28.7 Å². The van der Waals surface area contributed by atoms with Crippen molar-refractivity contribution in [3.05, 3.63) is 35.8 Å². The van der Waals surface area contributed by atoms with E-state index >= 15 is 0 Å². The van der Waals surface area contributed by atoms with Crippen molar-refractivity contribution in [1.82, 2.24) is 4.90 Å². The molecule has 1 aliphatic rings. The molecule has 2 atom stereocenters. The van der Waals surface area contributed by atoms with Crippen molar-refractivity contribution in [3.63, 3.8) is 0 Å². The molecule has 0 spiro atoms. The molecule has 0 aromatic carbocycles. The van der Waals surface area contributed by atoms with Crippen LogP contribution in [0.5, 0.6) is 0 Å². The second kappa shape index (κ2) is 9.42.